The zero-order chi connectivity index (χ0) is 12.8. The largest absolute Gasteiger partial charge is 0.481 e. The molecular weight excluding hydrogens is 218 g/mol. The van der Waals surface area contributed by atoms with Crippen LogP contribution in [0, 0.1) is 17.3 Å². The van der Waals surface area contributed by atoms with Gasteiger partial charge in [-0.25, -0.2) is 0 Å². The Balaban J connectivity index is 2.00. The molecule has 0 aliphatic heterocycles. The lowest BCUT2D eigenvalue weighted by molar-refractivity contribution is -0.140. The van der Waals surface area contributed by atoms with Crippen LogP contribution in [0.3, 0.4) is 0 Å². The Morgan fingerprint density at radius 2 is 1.88 bits per heavy atom. The predicted molar refractivity (Wildman–Crippen MR) is 63.4 cm³/mol. The molecule has 0 aromatic rings. The molecular formula is C13H21NO3. The molecule has 2 unspecified atom stereocenters. The number of carboxylic acids is 1. The minimum absolute atomic E-state index is 0.0429. The Morgan fingerprint density at radius 1 is 1.29 bits per heavy atom. The maximum absolute atomic E-state index is 12.1. The fraction of sp³-hybridized carbons (Fsp3) is 0.846. The van der Waals surface area contributed by atoms with E-state index in [1.165, 1.54) is 0 Å². The molecule has 2 fully saturated rings. The Kier molecular flexibility index (Phi) is 2.71. The monoisotopic (exact) mass is 239 g/mol. The van der Waals surface area contributed by atoms with E-state index in [-0.39, 0.29) is 17.4 Å². The van der Waals surface area contributed by atoms with Gasteiger partial charge in [-0.1, -0.05) is 20.8 Å². The van der Waals surface area contributed by atoms with Crippen molar-refractivity contribution in [2.24, 2.45) is 17.3 Å². The zero-order valence-corrected chi connectivity index (χ0v) is 10.7. The lowest BCUT2D eigenvalue weighted by atomic mass is 9.74. The van der Waals surface area contributed by atoms with E-state index < -0.39 is 17.3 Å². The van der Waals surface area contributed by atoms with Gasteiger partial charge in [0.25, 0.3) is 0 Å². The summed E-state index contributed by atoms with van der Waals surface area (Å²) >= 11 is 0. The molecule has 96 valence electrons. The van der Waals surface area contributed by atoms with E-state index in [0.717, 1.165) is 25.7 Å². The van der Waals surface area contributed by atoms with Gasteiger partial charge in [0.2, 0.25) is 5.91 Å². The van der Waals surface area contributed by atoms with Gasteiger partial charge in [-0.05, 0) is 31.1 Å². The van der Waals surface area contributed by atoms with Crippen molar-refractivity contribution in [3.05, 3.63) is 0 Å². The summed E-state index contributed by atoms with van der Waals surface area (Å²) in [6, 6.07) is 0. The van der Waals surface area contributed by atoms with Crippen molar-refractivity contribution in [2.45, 2.75) is 52.0 Å². The summed E-state index contributed by atoms with van der Waals surface area (Å²) in [7, 11) is 0. The molecule has 4 nitrogen and oxygen atoms in total. The third kappa shape index (κ3) is 1.83. The van der Waals surface area contributed by atoms with Gasteiger partial charge in [0.05, 0.1) is 11.8 Å². The first kappa shape index (κ1) is 12.4. The molecule has 17 heavy (non-hydrogen) atoms. The van der Waals surface area contributed by atoms with Crippen molar-refractivity contribution >= 4 is 11.9 Å². The van der Waals surface area contributed by atoms with Gasteiger partial charge >= 0.3 is 5.97 Å². The molecule has 2 saturated carbocycles. The van der Waals surface area contributed by atoms with E-state index in [0.29, 0.717) is 0 Å². The Bertz CT molecular complexity index is 352. The summed E-state index contributed by atoms with van der Waals surface area (Å²) in [5, 5.41) is 12.1. The number of amides is 1. The summed E-state index contributed by atoms with van der Waals surface area (Å²) in [4.78, 5) is 23.2. The molecule has 0 spiro atoms. The van der Waals surface area contributed by atoms with E-state index in [1.54, 1.807) is 0 Å². The SMILES string of the molecule is CCC1(NC(=O)C2C(C(=O)O)C2(C)C)CCC1. The number of rotatable bonds is 4. The number of carbonyl (C=O) groups is 2. The van der Waals surface area contributed by atoms with Crippen LogP contribution < -0.4 is 5.32 Å². The average molecular weight is 239 g/mol. The van der Waals surface area contributed by atoms with Gasteiger partial charge in [0, 0.05) is 5.54 Å². The molecule has 0 radical (unpaired) electrons. The normalized spacial score (nSPS) is 32.4. The highest BCUT2D eigenvalue weighted by Crippen LogP contribution is 2.58. The summed E-state index contributed by atoms with van der Waals surface area (Å²) in [6.45, 7) is 5.79. The second-order valence-electron chi connectivity index (χ2n) is 6.09. The van der Waals surface area contributed by atoms with Crippen LogP contribution in [0.1, 0.15) is 46.5 Å². The number of nitrogens with one attached hydrogen (secondary N) is 1. The highest BCUT2D eigenvalue weighted by molar-refractivity contribution is 5.92. The minimum Gasteiger partial charge on any atom is -0.481 e. The Hall–Kier alpha value is -1.06. The van der Waals surface area contributed by atoms with Gasteiger partial charge in [-0.15, -0.1) is 0 Å². The summed E-state index contributed by atoms with van der Waals surface area (Å²) in [5.41, 5.74) is -0.437. The molecule has 0 aromatic heterocycles. The molecule has 2 atom stereocenters. The minimum atomic E-state index is -0.852. The van der Waals surface area contributed by atoms with Gasteiger partial charge in [-0.3, -0.25) is 9.59 Å². The number of carbonyl (C=O) groups excluding carboxylic acids is 1. The quantitative estimate of drug-likeness (QED) is 0.786. The first-order valence-electron chi connectivity index (χ1n) is 6.39. The van der Waals surface area contributed by atoms with Crippen LogP contribution in [0.2, 0.25) is 0 Å². The van der Waals surface area contributed by atoms with Crippen molar-refractivity contribution in [1.82, 2.24) is 5.32 Å². The topological polar surface area (TPSA) is 66.4 Å². The number of carboxylic acid groups (broad SMARTS) is 1. The van der Waals surface area contributed by atoms with Crippen LogP contribution in [0.5, 0.6) is 0 Å². The highest BCUT2D eigenvalue weighted by Gasteiger charge is 2.66. The maximum atomic E-state index is 12.1. The van der Waals surface area contributed by atoms with Crippen LogP contribution >= 0.6 is 0 Å². The van der Waals surface area contributed by atoms with Gasteiger partial charge in [0.15, 0.2) is 0 Å². The lowest BCUT2D eigenvalue weighted by Gasteiger charge is -2.42. The first-order chi connectivity index (χ1) is 7.84. The number of hydrogen-bond acceptors (Lipinski definition) is 2. The zero-order valence-electron chi connectivity index (χ0n) is 10.7. The third-order valence-electron chi connectivity index (χ3n) is 4.75. The van der Waals surface area contributed by atoms with Crippen LogP contribution in [-0.4, -0.2) is 22.5 Å². The van der Waals surface area contributed by atoms with Crippen LogP contribution in [0.25, 0.3) is 0 Å². The van der Waals surface area contributed by atoms with Crippen molar-refractivity contribution in [2.75, 3.05) is 0 Å². The molecule has 0 heterocycles. The lowest BCUT2D eigenvalue weighted by Crippen LogP contribution is -2.53. The van der Waals surface area contributed by atoms with E-state index in [9.17, 15) is 9.59 Å². The Morgan fingerprint density at radius 3 is 2.18 bits per heavy atom. The standard InChI is InChI=1S/C13H21NO3/c1-4-13(6-5-7-13)14-10(15)8-9(11(16)17)12(8,2)3/h8-9H,4-7H2,1-3H3,(H,14,15)(H,16,17). The first-order valence-corrected chi connectivity index (χ1v) is 6.39. The summed E-state index contributed by atoms with van der Waals surface area (Å²) < 4.78 is 0. The fourth-order valence-corrected chi connectivity index (χ4v) is 3.10. The van der Waals surface area contributed by atoms with Gasteiger partial charge in [-0.2, -0.15) is 0 Å². The number of aliphatic carboxylic acids is 1. The van der Waals surface area contributed by atoms with Gasteiger partial charge in [0.1, 0.15) is 0 Å². The molecule has 2 N–H and O–H groups in total. The summed E-state index contributed by atoms with van der Waals surface area (Å²) in [5.74, 6) is -1.79. The molecule has 2 rings (SSSR count). The van der Waals surface area contributed by atoms with Crippen molar-refractivity contribution in [3.8, 4) is 0 Å². The molecule has 2 aliphatic carbocycles. The number of hydrogen-bond donors (Lipinski definition) is 2. The van der Waals surface area contributed by atoms with E-state index in [1.807, 2.05) is 13.8 Å². The average Bonchev–Trinajstić information content (AvgIpc) is 2.75. The van der Waals surface area contributed by atoms with Crippen LogP contribution in [0.15, 0.2) is 0 Å². The molecule has 4 heteroatoms. The van der Waals surface area contributed by atoms with Crippen molar-refractivity contribution in [1.29, 1.82) is 0 Å². The van der Waals surface area contributed by atoms with Crippen LogP contribution in [-0.2, 0) is 9.59 Å². The van der Waals surface area contributed by atoms with Crippen molar-refractivity contribution in [3.63, 3.8) is 0 Å². The molecule has 1 amide bonds. The predicted octanol–water partition coefficient (Wildman–Crippen LogP) is 1.79. The van der Waals surface area contributed by atoms with E-state index in [4.69, 9.17) is 5.11 Å². The Labute approximate surface area is 102 Å². The fourth-order valence-electron chi connectivity index (χ4n) is 3.10. The molecule has 0 bridgehead atoms. The third-order valence-corrected chi connectivity index (χ3v) is 4.75. The maximum Gasteiger partial charge on any atom is 0.307 e. The molecule has 2 aliphatic rings. The van der Waals surface area contributed by atoms with Crippen molar-refractivity contribution < 1.29 is 14.7 Å². The second kappa shape index (κ2) is 3.72. The summed E-state index contributed by atoms with van der Waals surface area (Å²) in [6.07, 6.45) is 4.15. The van der Waals surface area contributed by atoms with E-state index in [2.05, 4.69) is 12.2 Å². The van der Waals surface area contributed by atoms with Gasteiger partial charge < -0.3 is 10.4 Å². The smallest absolute Gasteiger partial charge is 0.307 e. The highest BCUT2D eigenvalue weighted by atomic mass is 16.4. The van der Waals surface area contributed by atoms with Crippen LogP contribution in [0.4, 0.5) is 0 Å². The molecule has 0 aromatic carbocycles. The second-order valence-corrected chi connectivity index (χ2v) is 6.09. The van der Waals surface area contributed by atoms with E-state index >= 15 is 0 Å². The molecule has 0 saturated heterocycles.